The average Bonchev–Trinajstić information content (AvgIpc) is 3.35. The molecule has 186 valence electrons. The van der Waals surface area contributed by atoms with Crippen LogP contribution in [-0.2, 0) is 6.54 Å². The Bertz CT molecular complexity index is 1310. The van der Waals surface area contributed by atoms with E-state index < -0.39 is 0 Å². The number of ether oxygens (including phenoxy) is 1. The minimum absolute atomic E-state index is 0.524. The Balaban J connectivity index is 0.977. The van der Waals surface area contributed by atoms with Gasteiger partial charge in [0.25, 0.3) is 0 Å². The second kappa shape index (κ2) is 10.1. The van der Waals surface area contributed by atoms with Gasteiger partial charge in [-0.1, -0.05) is 29.4 Å². The molecule has 0 saturated carbocycles. The van der Waals surface area contributed by atoms with Gasteiger partial charge in [0, 0.05) is 62.6 Å². The van der Waals surface area contributed by atoms with Crippen molar-refractivity contribution in [3.63, 3.8) is 0 Å². The van der Waals surface area contributed by atoms with Gasteiger partial charge in [0.2, 0.25) is 5.88 Å². The van der Waals surface area contributed by atoms with Crippen LogP contribution in [-0.4, -0.2) is 58.9 Å². The number of anilines is 2. The molecule has 2 saturated heterocycles. The Morgan fingerprint density at radius 2 is 1.97 bits per heavy atom. The Kier molecular flexibility index (Phi) is 6.42. The van der Waals surface area contributed by atoms with Gasteiger partial charge in [-0.15, -0.1) is 0 Å². The zero-order chi connectivity index (χ0) is 24.3. The number of aromatic nitrogens is 3. The van der Waals surface area contributed by atoms with E-state index in [1.807, 2.05) is 55.6 Å². The number of nitrogens with one attached hydrogen (secondary N) is 1. The molecular weight excluding hydrogens is 452 g/mol. The molecule has 2 aliphatic heterocycles. The molecular formula is C28H32N6O2. The summed E-state index contributed by atoms with van der Waals surface area (Å²) in [5, 5.41) is 8.82. The van der Waals surface area contributed by atoms with Crippen LogP contribution in [0.2, 0.25) is 0 Å². The standard InChI is InChI=1S/C28H32N6O2/c1-20-5-4-8-26(31-20)29-15-21-10-12-27(30-16-21)35-19-22-9-11-23-18-34(14-13-33(23)17-22)28-24-6-2-3-7-25(24)36-32-28/h2-8,10,12,16,22-23H,9,11,13-15,17-19H2,1H3,(H,29,31). The molecule has 8 heteroatoms. The molecule has 6 rings (SSSR count). The molecule has 0 amide bonds. The van der Waals surface area contributed by atoms with Gasteiger partial charge in [0.15, 0.2) is 11.4 Å². The van der Waals surface area contributed by atoms with Crippen LogP contribution < -0.4 is 15.0 Å². The van der Waals surface area contributed by atoms with Gasteiger partial charge >= 0.3 is 0 Å². The summed E-state index contributed by atoms with van der Waals surface area (Å²) in [6, 6.07) is 18.7. The highest BCUT2D eigenvalue weighted by Gasteiger charge is 2.34. The van der Waals surface area contributed by atoms with Gasteiger partial charge in [-0.25, -0.2) is 9.97 Å². The summed E-state index contributed by atoms with van der Waals surface area (Å²) in [5.74, 6) is 3.07. The molecule has 1 aromatic carbocycles. The molecule has 8 nitrogen and oxygen atoms in total. The number of rotatable bonds is 7. The van der Waals surface area contributed by atoms with Crippen molar-refractivity contribution in [2.75, 3.05) is 43.0 Å². The van der Waals surface area contributed by atoms with Crippen molar-refractivity contribution < 1.29 is 9.26 Å². The lowest BCUT2D eigenvalue weighted by Gasteiger charge is -2.46. The highest BCUT2D eigenvalue weighted by Crippen LogP contribution is 2.31. The van der Waals surface area contributed by atoms with Crippen LogP contribution in [0.1, 0.15) is 24.1 Å². The molecule has 2 unspecified atom stereocenters. The second-order valence-electron chi connectivity index (χ2n) is 9.87. The van der Waals surface area contributed by atoms with E-state index in [1.54, 1.807) is 0 Å². The van der Waals surface area contributed by atoms with E-state index in [2.05, 4.69) is 42.4 Å². The minimum atomic E-state index is 0.524. The zero-order valence-electron chi connectivity index (χ0n) is 20.6. The molecule has 0 bridgehead atoms. The molecule has 1 N–H and O–H groups in total. The van der Waals surface area contributed by atoms with Gasteiger partial charge in [0.1, 0.15) is 5.82 Å². The Morgan fingerprint density at radius 3 is 2.86 bits per heavy atom. The molecule has 0 aliphatic carbocycles. The zero-order valence-corrected chi connectivity index (χ0v) is 20.6. The van der Waals surface area contributed by atoms with Crippen molar-refractivity contribution in [1.82, 2.24) is 20.0 Å². The third-order valence-corrected chi connectivity index (χ3v) is 7.29. The molecule has 36 heavy (non-hydrogen) atoms. The highest BCUT2D eigenvalue weighted by molar-refractivity contribution is 5.88. The minimum Gasteiger partial charge on any atom is -0.477 e. The van der Waals surface area contributed by atoms with E-state index in [0.717, 1.165) is 60.0 Å². The van der Waals surface area contributed by atoms with Crippen LogP contribution in [0.5, 0.6) is 5.88 Å². The highest BCUT2D eigenvalue weighted by atomic mass is 16.5. The first-order valence-corrected chi connectivity index (χ1v) is 12.8. The summed E-state index contributed by atoms with van der Waals surface area (Å²) in [5.41, 5.74) is 2.96. The average molecular weight is 485 g/mol. The van der Waals surface area contributed by atoms with Crippen molar-refractivity contribution in [3.05, 3.63) is 72.1 Å². The largest absolute Gasteiger partial charge is 0.477 e. The van der Waals surface area contributed by atoms with Crippen molar-refractivity contribution in [2.45, 2.75) is 32.4 Å². The Morgan fingerprint density at radius 1 is 1.03 bits per heavy atom. The lowest BCUT2D eigenvalue weighted by Crippen LogP contribution is -2.57. The fraction of sp³-hybridized carbons (Fsp3) is 0.393. The molecule has 2 atom stereocenters. The predicted molar refractivity (Wildman–Crippen MR) is 140 cm³/mol. The summed E-state index contributed by atoms with van der Waals surface area (Å²) in [7, 11) is 0. The number of aryl methyl sites for hydroxylation is 1. The van der Waals surface area contributed by atoms with Crippen molar-refractivity contribution in [3.8, 4) is 5.88 Å². The van der Waals surface area contributed by atoms with Gasteiger partial charge in [-0.2, -0.15) is 0 Å². The van der Waals surface area contributed by atoms with Crippen LogP contribution in [0.3, 0.4) is 0 Å². The maximum Gasteiger partial charge on any atom is 0.213 e. The SMILES string of the molecule is Cc1cccc(NCc2ccc(OCC3CCC4CN(c5noc6ccccc56)CCN4C3)nc2)n1. The van der Waals surface area contributed by atoms with Gasteiger partial charge < -0.3 is 19.5 Å². The number of piperazine rings is 1. The van der Waals surface area contributed by atoms with E-state index in [4.69, 9.17) is 9.26 Å². The number of piperidine rings is 1. The van der Waals surface area contributed by atoms with Crippen LogP contribution in [0.4, 0.5) is 11.6 Å². The molecule has 2 fully saturated rings. The second-order valence-corrected chi connectivity index (χ2v) is 9.87. The molecule has 0 radical (unpaired) electrons. The van der Waals surface area contributed by atoms with Crippen LogP contribution in [0.25, 0.3) is 11.0 Å². The molecule has 5 heterocycles. The van der Waals surface area contributed by atoms with E-state index >= 15 is 0 Å². The summed E-state index contributed by atoms with van der Waals surface area (Å²) >= 11 is 0. The number of hydrogen-bond acceptors (Lipinski definition) is 8. The van der Waals surface area contributed by atoms with E-state index in [-0.39, 0.29) is 0 Å². The summed E-state index contributed by atoms with van der Waals surface area (Å²) in [6.07, 6.45) is 4.22. The van der Waals surface area contributed by atoms with Crippen molar-refractivity contribution in [2.24, 2.45) is 5.92 Å². The Hall–Kier alpha value is -3.65. The van der Waals surface area contributed by atoms with Gasteiger partial charge in [-0.05, 0) is 49.6 Å². The predicted octanol–water partition coefficient (Wildman–Crippen LogP) is 4.52. The monoisotopic (exact) mass is 484 g/mol. The molecule has 3 aromatic heterocycles. The number of pyridine rings is 2. The van der Waals surface area contributed by atoms with Gasteiger partial charge in [-0.3, -0.25) is 4.90 Å². The van der Waals surface area contributed by atoms with Crippen molar-refractivity contribution in [1.29, 1.82) is 0 Å². The first kappa shape index (κ1) is 22.8. The smallest absolute Gasteiger partial charge is 0.213 e. The van der Waals surface area contributed by atoms with Gasteiger partial charge in [0.05, 0.1) is 12.0 Å². The first-order valence-electron chi connectivity index (χ1n) is 12.8. The van der Waals surface area contributed by atoms with E-state index in [1.165, 1.54) is 12.8 Å². The normalized spacial score (nSPS) is 20.3. The van der Waals surface area contributed by atoms with Crippen LogP contribution >= 0.6 is 0 Å². The summed E-state index contributed by atoms with van der Waals surface area (Å²) in [4.78, 5) is 14.0. The third-order valence-electron chi connectivity index (χ3n) is 7.29. The number of para-hydroxylation sites is 1. The molecule has 0 spiro atoms. The molecule has 2 aliphatic rings. The van der Waals surface area contributed by atoms with Crippen LogP contribution in [0, 0.1) is 12.8 Å². The number of nitrogens with zero attached hydrogens (tertiary/aromatic N) is 5. The first-order chi connectivity index (χ1) is 17.7. The van der Waals surface area contributed by atoms with Crippen molar-refractivity contribution >= 4 is 22.6 Å². The number of hydrogen-bond donors (Lipinski definition) is 1. The third kappa shape index (κ3) is 4.99. The summed E-state index contributed by atoms with van der Waals surface area (Å²) in [6.45, 7) is 7.46. The maximum absolute atomic E-state index is 6.08. The lowest BCUT2D eigenvalue weighted by molar-refractivity contribution is 0.0717. The Labute approximate surface area is 211 Å². The number of benzene rings is 1. The fourth-order valence-corrected chi connectivity index (χ4v) is 5.33. The number of fused-ring (bicyclic) bond motifs is 2. The maximum atomic E-state index is 6.08. The quantitative estimate of drug-likeness (QED) is 0.410. The van der Waals surface area contributed by atoms with Crippen LogP contribution in [0.15, 0.2) is 65.3 Å². The van der Waals surface area contributed by atoms with E-state index in [9.17, 15) is 0 Å². The topological polar surface area (TPSA) is 79.5 Å². The lowest BCUT2D eigenvalue weighted by atomic mass is 9.91. The summed E-state index contributed by atoms with van der Waals surface area (Å²) < 4.78 is 11.6. The molecule has 4 aromatic rings. The van der Waals surface area contributed by atoms with E-state index in [0.29, 0.717) is 31.0 Å². The fourth-order valence-electron chi connectivity index (χ4n) is 5.33.